The summed E-state index contributed by atoms with van der Waals surface area (Å²) in [5.41, 5.74) is 3.39. The molecule has 0 aliphatic carbocycles. The van der Waals surface area contributed by atoms with Gasteiger partial charge in [0.2, 0.25) is 5.91 Å². The molecule has 5 rings (SSSR count). The molecule has 5 aromatic rings. The number of fused-ring (bicyclic) bond motifs is 2. The minimum Gasteiger partial charge on any atom is -0.478 e. The third-order valence-corrected chi connectivity index (χ3v) is 5.77. The number of para-hydroxylation sites is 2. The summed E-state index contributed by atoms with van der Waals surface area (Å²) in [4.78, 5) is 36.9. The van der Waals surface area contributed by atoms with E-state index >= 15 is 0 Å². The van der Waals surface area contributed by atoms with Crippen LogP contribution in [0.1, 0.15) is 21.6 Å². The van der Waals surface area contributed by atoms with E-state index in [-0.39, 0.29) is 23.2 Å². The molecule has 3 aromatic carbocycles. The van der Waals surface area contributed by atoms with Gasteiger partial charge in [0.1, 0.15) is 12.2 Å². The number of carboxylic acids is 1. The SMILES string of the molecule is Cc1ccc2c(c1)c(=O)c1ccccc1n2Cc1cn(CC(=O)Nc2ccccc2C(=O)O)nn1. The van der Waals surface area contributed by atoms with Crippen LogP contribution in [0.3, 0.4) is 0 Å². The zero-order valence-electron chi connectivity index (χ0n) is 18.8. The Bertz CT molecular complexity index is 1670. The van der Waals surface area contributed by atoms with Gasteiger partial charge in [-0.2, -0.15) is 0 Å². The Morgan fingerprint density at radius 2 is 1.71 bits per heavy atom. The topological polar surface area (TPSA) is 119 Å². The van der Waals surface area contributed by atoms with Gasteiger partial charge in [0, 0.05) is 10.8 Å². The van der Waals surface area contributed by atoms with E-state index in [1.807, 2.05) is 54.0 Å². The number of benzene rings is 3. The highest BCUT2D eigenvalue weighted by Gasteiger charge is 2.15. The first-order chi connectivity index (χ1) is 16.9. The molecule has 35 heavy (non-hydrogen) atoms. The number of hydrogen-bond acceptors (Lipinski definition) is 5. The predicted molar refractivity (Wildman–Crippen MR) is 132 cm³/mol. The maximum absolute atomic E-state index is 13.1. The fraction of sp³-hybridized carbons (Fsp3) is 0.115. The van der Waals surface area contributed by atoms with E-state index in [9.17, 15) is 19.5 Å². The van der Waals surface area contributed by atoms with Crippen LogP contribution in [0, 0.1) is 6.92 Å². The van der Waals surface area contributed by atoms with Gasteiger partial charge in [-0.25, -0.2) is 9.48 Å². The maximum atomic E-state index is 13.1. The molecule has 174 valence electrons. The van der Waals surface area contributed by atoms with Gasteiger partial charge in [0.15, 0.2) is 5.43 Å². The number of aromatic nitrogens is 4. The lowest BCUT2D eigenvalue weighted by Crippen LogP contribution is -2.20. The number of aromatic carboxylic acids is 1. The molecule has 0 unspecified atom stereocenters. The minimum absolute atomic E-state index is 0.00680. The number of carbonyl (C=O) groups is 2. The molecule has 9 nitrogen and oxygen atoms in total. The van der Waals surface area contributed by atoms with Crippen molar-refractivity contribution in [2.45, 2.75) is 20.0 Å². The first-order valence-corrected chi connectivity index (χ1v) is 10.9. The van der Waals surface area contributed by atoms with Crippen molar-refractivity contribution in [3.05, 3.63) is 100.0 Å². The summed E-state index contributed by atoms with van der Waals surface area (Å²) in [6, 6.07) is 19.4. The molecule has 0 bridgehead atoms. The number of aryl methyl sites for hydroxylation is 1. The lowest BCUT2D eigenvalue weighted by molar-refractivity contribution is -0.116. The van der Waals surface area contributed by atoms with Crippen molar-refractivity contribution in [1.29, 1.82) is 0 Å². The van der Waals surface area contributed by atoms with Crippen LogP contribution in [0.4, 0.5) is 5.69 Å². The van der Waals surface area contributed by atoms with Crippen LogP contribution < -0.4 is 10.7 Å². The second-order valence-electron chi connectivity index (χ2n) is 8.26. The Morgan fingerprint density at radius 1 is 0.971 bits per heavy atom. The smallest absolute Gasteiger partial charge is 0.337 e. The zero-order chi connectivity index (χ0) is 24.5. The minimum atomic E-state index is -1.13. The Kier molecular flexibility index (Phi) is 5.58. The Morgan fingerprint density at radius 3 is 2.54 bits per heavy atom. The number of amides is 1. The number of nitrogens with one attached hydrogen (secondary N) is 1. The summed E-state index contributed by atoms with van der Waals surface area (Å²) < 4.78 is 3.41. The van der Waals surface area contributed by atoms with Gasteiger partial charge in [0.05, 0.1) is 35.0 Å². The highest BCUT2D eigenvalue weighted by Crippen LogP contribution is 2.21. The van der Waals surface area contributed by atoms with Gasteiger partial charge in [-0.05, 0) is 43.3 Å². The molecule has 0 saturated carbocycles. The van der Waals surface area contributed by atoms with Crippen molar-refractivity contribution in [2.24, 2.45) is 0 Å². The molecule has 0 aliphatic rings. The molecular formula is C26H21N5O4. The van der Waals surface area contributed by atoms with E-state index in [4.69, 9.17) is 0 Å². The first kappa shape index (κ1) is 22.0. The third-order valence-electron chi connectivity index (χ3n) is 5.77. The second-order valence-corrected chi connectivity index (χ2v) is 8.26. The van der Waals surface area contributed by atoms with Gasteiger partial charge in [-0.3, -0.25) is 9.59 Å². The van der Waals surface area contributed by atoms with Crippen molar-refractivity contribution in [3.63, 3.8) is 0 Å². The maximum Gasteiger partial charge on any atom is 0.337 e. The van der Waals surface area contributed by atoms with Gasteiger partial charge in [-0.1, -0.05) is 41.1 Å². The largest absolute Gasteiger partial charge is 0.478 e. The molecule has 2 heterocycles. The summed E-state index contributed by atoms with van der Waals surface area (Å²) in [6.45, 7) is 2.17. The number of hydrogen-bond donors (Lipinski definition) is 2. The number of nitrogens with zero attached hydrogens (tertiary/aromatic N) is 4. The van der Waals surface area contributed by atoms with Crippen molar-refractivity contribution in [1.82, 2.24) is 19.6 Å². The third kappa shape index (κ3) is 4.26. The second kappa shape index (κ2) is 8.86. The number of carboxylic acid groups (broad SMARTS) is 1. The van der Waals surface area contributed by atoms with E-state index in [2.05, 4.69) is 15.6 Å². The standard InChI is InChI=1S/C26H21N5O4/c1-16-10-11-23-20(12-16)25(33)19-7-3-5-9-22(19)31(23)14-17-13-30(29-28-17)15-24(32)27-21-8-4-2-6-18(21)26(34)35/h2-13H,14-15H2,1H3,(H,27,32)(H,34,35). The number of pyridine rings is 1. The monoisotopic (exact) mass is 467 g/mol. The first-order valence-electron chi connectivity index (χ1n) is 10.9. The van der Waals surface area contributed by atoms with Crippen molar-refractivity contribution in [2.75, 3.05) is 5.32 Å². The molecule has 0 fully saturated rings. The van der Waals surface area contributed by atoms with E-state index in [0.717, 1.165) is 16.6 Å². The molecule has 2 aromatic heterocycles. The average molecular weight is 467 g/mol. The zero-order valence-corrected chi connectivity index (χ0v) is 18.8. The van der Waals surface area contributed by atoms with Crippen LogP contribution in [0.2, 0.25) is 0 Å². The normalized spacial score (nSPS) is 11.1. The summed E-state index contributed by atoms with van der Waals surface area (Å²) in [5, 5.41) is 21.4. The van der Waals surface area contributed by atoms with E-state index in [1.54, 1.807) is 18.3 Å². The summed E-state index contributed by atoms with van der Waals surface area (Å²) in [7, 11) is 0. The van der Waals surface area contributed by atoms with Gasteiger partial charge < -0.3 is 15.0 Å². The van der Waals surface area contributed by atoms with Crippen LogP contribution in [-0.2, 0) is 17.9 Å². The summed E-state index contributed by atoms with van der Waals surface area (Å²) in [6.07, 6.45) is 1.66. The van der Waals surface area contributed by atoms with Crippen molar-refractivity contribution >= 4 is 39.4 Å². The van der Waals surface area contributed by atoms with E-state index in [1.165, 1.54) is 16.8 Å². The summed E-state index contributed by atoms with van der Waals surface area (Å²) in [5.74, 6) is -1.55. The molecule has 1 amide bonds. The summed E-state index contributed by atoms with van der Waals surface area (Å²) >= 11 is 0. The molecule has 0 atom stereocenters. The van der Waals surface area contributed by atoms with Crippen molar-refractivity contribution < 1.29 is 14.7 Å². The molecule has 0 radical (unpaired) electrons. The molecule has 9 heteroatoms. The number of carbonyl (C=O) groups excluding carboxylic acids is 1. The Labute approximate surface area is 199 Å². The quantitative estimate of drug-likeness (QED) is 0.369. The highest BCUT2D eigenvalue weighted by atomic mass is 16.4. The fourth-order valence-corrected chi connectivity index (χ4v) is 4.18. The molecular weight excluding hydrogens is 446 g/mol. The van der Waals surface area contributed by atoms with E-state index in [0.29, 0.717) is 23.0 Å². The van der Waals surface area contributed by atoms with Crippen LogP contribution in [-0.4, -0.2) is 36.5 Å². The van der Waals surface area contributed by atoms with Crippen LogP contribution >= 0.6 is 0 Å². The fourth-order valence-electron chi connectivity index (χ4n) is 4.18. The van der Waals surface area contributed by atoms with Crippen molar-refractivity contribution in [3.8, 4) is 0 Å². The number of rotatable bonds is 6. The predicted octanol–water partition coefficient (Wildman–Crippen LogP) is 3.44. The molecule has 2 N–H and O–H groups in total. The lowest BCUT2D eigenvalue weighted by Gasteiger charge is -2.14. The van der Waals surface area contributed by atoms with Crippen LogP contribution in [0.25, 0.3) is 21.8 Å². The Hall–Kier alpha value is -4.79. The number of anilines is 1. The lowest BCUT2D eigenvalue weighted by atomic mass is 10.1. The van der Waals surface area contributed by atoms with E-state index < -0.39 is 11.9 Å². The Balaban J connectivity index is 1.43. The van der Waals surface area contributed by atoms with Gasteiger partial charge in [0.25, 0.3) is 0 Å². The van der Waals surface area contributed by atoms with Gasteiger partial charge >= 0.3 is 5.97 Å². The van der Waals surface area contributed by atoms with Crippen LogP contribution in [0.5, 0.6) is 0 Å². The molecule has 0 saturated heterocycles. The van der Waals surface area contributed by atoms with Crippen LogP contribution in [0.15, 0.2) is 77.7 Å². The molecule has 0 spiro atoms. The highest BCUT2D eigenvalue weighted by molar-refractivity contribution is 6.00. The van der Waals surface area contributed by atoms with Gasteiger partial charge in [-0.15, -0.1) is 5.10 Å². The molecule has 0 aliphatic heterocycles. The average Bonchev–Trinajstić information content (AvgIpc) is 3.28.